The number of halogens is 3. The van der Waals surface area contributed by atoms with E-state index in [9.17, 15) is 19.2 Å². The molecule has 2 unspecified atom stereocenters. The van der Waals surface area contributed by atoms with Crippen LogP contribution in [-0.4, -0.2) is 56.2 Å². The zero-order valence-electron chi connectivity index (χ0n) is 20.1. The molecule has 1 fully saturated rings. The van der Waals surface area contributed by atoms with Crippen molar-refractivity contribution in [3.05, 3.63) is 83.1 Å². The van der Waals surface area contributed by atoms with Crippen molar-refractivity contribution < 1.29 is 28.7 Å². The average molecular weight is 598 g/mol. The van der Waals surface area contributed by atoms with Gasteiger partial charge < -0.3 is 14.8 Å². The van der Waals surface area contributed by atoms with E-state index >= 15 is 0 Å². The maximum Gasteiger partial charge on any atom is 0.355 e. The Balaban J connectivity index is 1.47. The Hall–Kier alpha value is -2.72. The highest BCUT2D eigenvalue weighted by Crippen LogP contribution is 2.41. The fourth-order valence-corrected chi connectivity index (χ4v) is 5.52. The van der Waals surface area contributed by atoms with Crippen LogP contribution in [-0.2, 0) is 35.3 Å². The number of nitrogens with one attached hydrogen (secondary N) is 1. The van der Waals surface area contributed by atoms with Crippen molar-refractivity contribution in [1.82, 2.24) is 10.2 Å². The second-order valence-electron chi connectivity index (χ2n) is 8.65. The van der Waals surface area contributed by atoms with Crippen molar-refractivity contribution in [2.45, 2.75) is 34.7 Å². The summed E-state index contributed by atoms with van der Waals surface area (Å²) in [5.41, 5.74) is 1.87. The largest absolute Gasteiger partial charge is 0.460 e. The Bertz CT molecular complexity index is 1250. The van der Waals surface area contributed by atoms with Crippen LogP contribution in [0, 0.1) is 0 Å². The lowest BCUT2D eigenvalue weighted by atomic mass is 9.96. The molecule has 2 aliphatic heterocycles. The normalized spacial score (nSPS) is 19.7. The number of alkyl halides is 3. The van der Waals surface area contributed by atoms with Gasteiger partial charge in [-0.1, -0.05) is 95.5 Å². The van der Waals surface area contributed by atoms with E-state index < -0.39 is 51.5 Å². The number of benzene rings is 2. The van der Waals surface area contributed by atoms with E-state index in [4.69, 9.17) is 44.3 Å². The van der Waals surface area contributed by atoms with E-state index in [2.05, 4.69) is 5.32 Å². The summed E-state index contributed by atoms with van der Waals surface area (Å²) < 4.78 is 8.73. The molecule has 0 aromatic heterocycles. The van der Waals surface area contributed by atoms with Gasteiger partial charge in [0.05, 0.1) is 0 Å². The van der Waals surface area contributed by atoms with Crippen molar-refractivity contribution >= 4 is 70.3 Å². The highest BCUT2D eigenvalue weighted by molar-refractivity contribution is 8.00. The molecule has 0 saturated carbocycles. The van der Waals surface area contributed by atoms with Gasteiger partial charge in [0.15, 0.2) is 5.92 Å². The maximum absolute atomic E-state index is 13.4. The van der Waals surface area contributed by atoms with E-state index in [-0.39, 0.29) is 12.3 Å². The maximum atomic E-state index is 13.4. The summed E-state index contributed by atoms with van der Waals surface area (Å²) in [4.78, 5) is 53.5. The Morgan fingerprint density at radius 2 is 1.68 bits per heavy atom. The number of nitrogens with zero attached hydrogens (tertiary/aromatic N) is 1. The summed E-state index contributed by atoms with van der Waals surface area (Å²) in [6, 6.07) is 16.6. The SMILES string of the molecule is CC1=C(C(=O)OCC(Cl)(Cl)Cl)N2C(=O)C(NC(=O)C(C(=O)OCc3ccccc3)c3ccccc3)[C@H]2SC1. The summed E-state index contributed by atoms with van der Waals surface area (Å²) in [5.74, 6) is -3.62. The van der Waals surface area contributed by atoms with Crippen LogP contribution in [0.5, 0.6) is 0 Å². The van der Waals surface area contributed by atoms with Crippen molar-refractivity contribution in [2.75, 3.05) is 12.4 Å². The van der Waals surface area contributed by atoms with Gasteiger partial charge in [-0.25, -0.2) is 4.79 Å². The molecule has 0 bridgehead atoms. The number of hydrogen-bond acceptors (Lipinski definition) is 7. The number of rotatable bonds is 8. The van der Waals surface area contributed by atoms with Crippen LogP contribution in [0.15, 0.2) is 71.9 Å². The van der Waals surface area contributed by atoms with Crippen molar-refractivity contribution in [3.8, 4) is 0 Å². The zero-order valence-corrected chi connectivity index (χ0v) is 23.2. The number of ether oxygens (including phenoxy) is 2. The molecule has 0 spiro atoms. The Morgan fingerprint density at radius 3 is 2.32 bits per heavy atom. The van der Waals surface area contributed by atoms with Gasteiger partial charge in [0, 0.05) is 5.75 Å². The zero-order chi connectivity index (χ0) is 27.4. The van der Waals surface area contributed by atoms with Gasteiger partial charge in [-0.3, -0.25) is 19.3 Å². The third-order valence-corrected chi connectivity index (χ3v) is 7.62. The molecule has 2 aromatic carbocycles. The van der Waals surface area contributed by atoms with Gasteiger partial charge >= 0.3 is 11.9 Å². The first-order valence-corrected chi connectivity index (χ1v) is 13.7. The van der Waals surface area contributed by atoms with E-state index in [0.29, 0.717) is 16.9 Å². The molecule has 2 heterocycles. The van der Waals surface area contributed by atoms with Gasteiger partial charge in [0.1, 0.15) is 30.3 Å². The summed E-state index contributed by atoms with van der Waals surface area (Å²) in [6.45, 7) is 1.20. The molecule has 1 N–H and O–H groups in total. The summed E-state index contributed by atoms with van der Waals surface area (Å²) >= 11 is 18.4. The molecule has 38 heavy (non-hydrogen) atoms. The van der Waals surface area contributed by atoms with Gasteiger partial charge in [-0.2, -0.15) is 0 Å². The minimum absolute atomic E-state index is 0.00532. The van der Waals surface area contributed by atoms with Crippen LogP contribution in [0.3, 0.4) is 0 Å². The molecular weight excluding hydrogens is 575 g/mol. The molecule has 0 aliphatic carbocycles. The number of carbonyl (C=O) groups is 4. The van der Waals surface area contributed by atoms with Crippen molar-refractivity contribution in [3.63, 3.8) is 0 Å². The van der Waals surface area contributed by atoms with Gasteiger partial charge in [-0.15, -0.1) is 11.8 Å². The predicted molar refractivity (Wildman–Crippen MR) is 144 cm³/mol. The molecule has 2 aliphatic rings. The van der Waals surface area contributed by atoms with Gasteiger partial charge in [-0.05, 0) is 23.6 Å². The standard InChI is InChI=1S/C26H23Cl3N2O6S/c1-15-13-38-23-19(22(33)31(23)20(15)25(35)37-14-26(27,28)29)30-21(32)18(17-10-6-3-7-11-17)24(34)36-12-16-8-4-2-5-9-16/h2-11,18-19,23H,12-14H2,1H3,(H,30,32)/t18?,19?,23-/m1/s1. The number of hydrogen-bond donors (Lipinski definition) is 1. The van der Waals surface area contributed by atoms with Crippen molar-refractivity contribution in [1.29, 1.82) is 0 Å². The monoisotopic (exact) mass is 596 g/mol. The Labute approximate surface area is 238 Å². The van der Waals surface area contributed by atoms with E-state index in [1.54, 1.807) is 49.4 Å². The smallest absolute Gasteiger partial charge is 0.355 e. The summed E-state index contributed by atoms with van der Waals surface area (Å²) in [6.07, 6.45) is 0. The molecule has 200 valence electrons. The molecule has 12 heteroatoms. The van der Waals surface area contributed by atoms with Crippen LogP contribution < -0.4 is 5.32 Å². The topological polar surface area (TPSA) is 102 Å². The molecule has 0 radical (unpaired) electrons. The lowest BCUT2D eigenvalue weighted by molar-refractivity contribution is -0.155. The van der Waals surface area contributed by atoms with E-state index in [1.165, 1.54) is 16.7 Å². The van der Waals surface area contributed by atoms with E-state index in [0.717, 1.165) is 5.56 Å². The predicted octanol–water partition coefficient (Wildman–Crippen LogP) is 4.10. The van der Waals surface area contributed by atoms with Crippen LogP contribution in [0.4, 0.5) is 0 Å². The number of carbonyl (C=O) groups excluding carboxylic acids is 4. The number of β-lactam (4-membered cyclic amide) rings is 1. The molecule has 2 amide bonds. The average Bonchev–Trinajstić information content (AvgIpc) is 2.90. The number of amides is 2. The van der Waals surface area contributed by atoms with Crippen LogP contribution >= 0.6 is 46.6 Å². The fraction of sp³-hybridized carbons (Fsp3) is 0.308. The van der Waals surface area contributed by atoms with Crippen LogP contribution in [0.2, 0.25) is 0 Å². The van der Waals surface area contributed by atoms with Crippen LogP contribution in [0.25, 0.3) is 0 Å². The minimum atomic E-state index is -1.80. The lowest BCUT2D eigenvalue weighted by Crippen LogP contribution is -2.71. The first kappa shape index (κ1) is 28.3. The summed E-state index contributed by atoms with van der Waals surface area (Å²) in [5, 5.41) is 2.12. The van der Waals surface area contributed by atoms with Gasteiger partial charge in [0.25, 0.3) is 5.91 Å². The second kappa shape index (κ2) is 12.0. The second-order valence-corrected chi connectivity index (χ2v) is 12.3. The molecular formula is C26H23Cl3N2O6S. The molecule has 2 aromatic rings. The van der Waals surface area contributed by atoms with Crippen molar-refractivity contribution in [2.24, 2.45) is 0 Å². The summed E-state index contributed by atoms with van der Waals surface area (Å²) in [7, 11) is 0. The third kappa shape index (κ3) is 6.46. The lowest BCUT2D eigenvalue weighted by Gasteiger charge is -2.49. The highest BCUT2D eigenvalue weighted by Gasteiger charge is 2.54. The van der Waals surface area contributed by atoms with E-state index in [1.807, 2.05) is 18.2 Å². The number of esters is 2. The Morgan fingerprint density at radius 1 is 1.05 bits per heavy atom. The fourth-order valence-electron chi connectivity index (χ4n) is 4.07. The first-order chi connectivity index (χ1) is 18.1. The molecule has 4 rings (SSSR count). The molecule has 8 nitrogen and oxygen atoms in total. The quantitative estimate of drug-likeness (QED) is 0.212. The number of fused-ring (bicyclic) bond motifs is 1. The minimum Gasteiger partial charge on any atom is -0.460 e. The molecule has 3 atom stereocenters. The first-order valence-electron chi connectivity index (χ1n) is 11.5. The highest BCUT2D eigenvalue weighted by atomic mass is 35.6. The molecule has 1 saturated heterocycles. The Kier molecular flexibility index (Phi) is 8.92. The van der Waals surface area contributed by atoms with Crippen LogP contribution in [0.1, 0.15) is 24.0 Å². The van der Waals surface area contributed by atoms with Gasteiger partial charge in [0.2, 0.25) is 9.70 Å². The number of thioether (sulfide) groups is 1. The third-order valence-electron chi connectivity index (χ3n) is 5.87.